The molecular weight excluding hydrogens is 324 g/mol. The van der Waals surface area contributed by atoms with Crippen molar-refractivity contribution in [3.63, 3.8) is 0 Å². The van der Waals surface area contributed by atoms with Crippen molar-refractivity contribution >= 4 is 23.2 Å². The number of carboxylic acids is 1. The number of amides is 1. The van der Waals surface area contributed by atoms with Crippen LogP contribution in [0.15, 0.2) is 30.3 Å². The Morgan fingerprint density at radius 2 is 1.96 bits per heavy atom. The number of nitrogens with zero attached hydrogens (tertiary/aromatic N) is 2. The number of carbonyl (C=O) groups is 2. The topological polar surface area (TPSA) is 70.5 Å². The number of benzene rings is 1. The number of likely N-dealkylation sites (N-methyl/N-ethyl adjacent to an activating group) is 1. The molecule has 2 aromatic rings. The van der Waals surface area contributed by atoms with Crippen molar-refractivity contribution < 1.29 is 14.7 Å². The normalized spacial score (nSPS) is 12.0. The largest absolute Gasteiger partial charge is 0.480 e. The van der Waals surface area contributed by atoms with Gasteiger partial charge in [0.1, 0.15) is 10.9 Å². The van der Waals surface area contributed by atoms with E-state index >= 15 is 0 Å². The minimum Gasteiger partial charge on any atom is -0.480 e. The summed E-state index contributed by atoms with van der Waals surface area (Å²) in [5, 5.41) is 10.5. The summed E-state index contributed by atoms with van der Waals surface area (Å²) < 4.78 is 0. The summed E-state index contributed by atoms with van der Waals surface area (Å²) in [5.74, 6) is -1.29. The first-order valence-corrected chi connectivity index (χ1v) is 8.75. The molecule has 1 atom stereocenters. The molecule has 0 radical (unpaired) electrons. The third-order valence-electron chi connectivity index (χ3n) is 3.84. The molecule has 128 valence electrons. The van der Waals surface area contributed by atoms with Crippen LogP contribution in [0.4, 0.5) is 0 Å². The van der Waals surface area contributed by atoms with Gasteiger partial charge in [-0.15, -0.1) is 11.3 Å². The van der Waals surface area contributed by atoms with E-state index in [9.17, 15) is 14.7 Å². The Bertz CT molecular complexity index is 712. The fraction of sp³-hybridized carbons (Fsp3) is 0.389. The maximum atomic E-state index is 12.8. The van der Waals surface area contributed by atoms with Gasteiger partial charge in [0.05, 0.1) is 10.7 Å². The molecule has 0 spiro atoms. The van der Waals surface area contributed by atoms with Crippen molar-refractivity contribution in [2.75, 3.05) is 7.05 Å². The highest BCUT2D eigenvalue weighted by Crippen LogP contribution is 2.22. The first-order chi connectivity index (χ1) is 11.4. The zero-order chi connectivity index (χ0) is 17.7. The van der Waals surface area contributed by atoms with Crippen LogP contribution in [-0.2, 0) is 17.6 Å². The van der Waals surface area contributed by atoms with Gasteiger partial charge in [-0.3, -0.25) is 4.79 Å². The predicted molar refractivity (Wildman–Crippen MR) is 94.5 cm³/mol. The second-order valence-electron chi connectivity index (χ2n) is 5.73. The number of carboxylic acid groups (broad SMARTS) is 1. The van der Waals surface area contributed by atoms with E-state index in [-0.39, 0.29) is 12.3 Å². The Morgan fingerprint density at radius 3 is 2.54 bits per heavy atom. The highest BCUT2D eigenvalue weighted by Gasteiger charge is 2.29. The molecule has 0 saturated heterocycles. The lowest BCUT2D eigenvalue weighted by Crippen LogP contribution is -2.43. The monoisotopic (exact) mass is 346 g/mol. The van der Waals surface area contributed by atoms with Gasteiger partial charge in [0.25, 0.3) is 5.91 Å². The minimum absolute atomic E-state index is 0.276. The molecule has 0 aliphatic heterocycles. The molecule has 1 N–H and O–H groups in total. The maximum Gasteiger partial charge on any atom is 0.326 e. The molecule has 0 aliphatic rings. The van der Waals surface area contributed by atoms with Gasteiger partial charge in [-0.2, -0.15) is 0 Å². The summed E-state index contributed by atoms with van der Waals surface area (Å²) in [6.45, 7) is 3.86. The average molecular weight is 346 g/mol. The fourth-order valence-electron chi connectivity index (χ4n) is 2.50. The molecule has 24 heavy (non-hydrogen) atoms. The number of aryl methyl sites for hydroxylation is 2. The molecule has 0 aliphatic carbocycles. The van der Waals surface area contributed by atoms with Crippen LogP contribution in [0.1, 0.15) is 39.3 Å². The lowest BCUT2D eigenvalue weighted by atomic mass is 10.0. The summed E-state index contributed by atoms with van der Waals surface area (Å²) >= 11 is 1.36. The molecule has 0 fully saturated rings. The van der Waals surface area contributed by atoms with E-state index in [1.54, 1.807) is 14.0 Å². The minimum atomic E-state index is -1.01. The van der Waals surface area contributed by atoms with Gasteiger partial charge in [-0.05, 0) is 25.3 Å². The van der Waals surface area contributed by atoms with Crippen LogP contribution in [0.3, 0.4) is 0 Å². The number of aromatic nitrogens is 1. The van der Waals surface area contributed by atoms with Gasteiger partial charge in [0, 0.05) is 13.5 Å². The van der Waals surface area contributed by atoms with Crippen molar-refractivity contribution in [2.45, 2.75) is 39.2 Å². The second kappa shape index (κ2) is 8.06. The molecule has 0 bridgehead atoms. The summed E-state index contributed by atoms with van der Waals surface area (Å²) in [4.78, 5) is 30.7. The van der Waals surface area contributed by atoms with E-state index in [4.69, 9.17) is 0 Å². The molecule has 1 unspecified atom stereocenters. The van der Waals surface area contributed by atoms with Gasteiger partial charge < -0.3 is 10.0 Å². The molecule has 2 rings (SSSR count). The van der Waals surface area contributed by atoms with Gasteiger partial charge in [-0.1, -0.05) is 37.3 Å². The summed E-state index contributed by atoms with van der Waals surface area (Å²) in [5.41, 5.74) is 1.56. The smallest absolute Gasteiger partial charge is 0.326 e. The van der Waals surface area contributed by atoms with Gasteiger partial charge >= 0.3 is 5.97 Å². The summed E-state index contributed by atoms with van der Waals surface area (Å²) in [7, 11) is 1.54. The van der Waals surface area contributed by atoms with E-state index < -0.39 is 12.0 Å². The second-order valence-corrected chi connectivity index (χ2v) is 6.82. The number of aliphatic carboxylic acids is 1. The highest BCUT2D eigenvalue weighted by molar-refractivity contribution is 7.13. The van der Waals surface area contributed by atoms with Crippen LogP contribution in [-0.4, -0.2) is 40.0 Å². The molecule has 6 heteroatoms. The van der Waals surface area contributed by atoms with Crippen molar-refractivity contribution in [1.82, 2.24) is 9.88 Å². The van der Waals surface area contributed by atoms with Gasteiger partial charge in [0.2, 0.25) is 0 Å². The van der Waals surface area contributed by atoms with Crippen molar-refractivity contribution in [2.24, 2.45) is 0 Å². The Morgan fingerprint density at radius 1 is 1.29 bits per heavy atom. The number of rotatable bonds is 7. The Hall–Kier alpha value is -2.21. The highest BCUT2D eigenvalue weighted by atomic mass is 32.1. The summed E-state index contributed by atoms with van der Waals surface area (Å²) in [6, 6.07) is 8.43. The Balaban J connectivity index is 2.21. The quantitative estimate of drug-likeness (QED) is 0.836. The number of carbonyl (C=O) groups excluding carboxylic acids is 1. The van der Waals surface area contributed by atoms with Gasteiger partial charge in [-0.25, -0.2) is 9.78 Å². The lowest BCUT2D eigenvalue weighted by Gasteiger charge is -2.24. The van der Waals surface area contributed by atoms with Crippen LogP contribution in [0, 0.1) is 6.92 Å². The summed E-state index contributed by atoms with van der Waals surface area (Å²) in [6.07, 6.45) is 2.06. The first-order valence-electron chi connectivity index (χ1n) is 7.94. The maximum absolute atomic E-state index is 12.8. The zero-order valence-corrected chi connectivity index (χ0v) is 15.0. The van der Waals surface area contributed by atoms with E-state index in [0.717, 1.165) is 23.4 Å². The van der Waals surface area contributed by atoms with Crippen molar-refractivity contribution in [1.29, 1.82) is 0 Å². The van der Waals surface area contributed by atoms with Crippen LogP contribution in [0.2, 0.25) is 0 Å². The van der Waals surface area contributed by atoms with Crippen LogP contribution in [0.25, 0.3) is 0 Å². The Labute approximate surface area is 146 Å². The SMILES string of the molecule is CCCc1nc(C)c(C(=O)N(C)C(Cc2ccccc2)C(=O)O)s1. The zero-order valence-electron chi connectivity index (χ0n) is 14.2. The van der Waals surface area contributed by atoms with E-state index in [1.807, 2.05) is 30.3 Å². The van der Waals surface area contributed by atoms with E-state index in [2.05, 4.69) is 11.9 Å². The predicted octanol–water partition coefficient (Wildman–Crippen LogP) is 3.17. The van der Waals surface area contributed by atoms with Crippen LogP contribution >= 0.6 is 11.3 Å². The molecular formula is C18H22N2O3S. The molecule has 1 amide bonds. The van der Waals surface area contributed by atoms with Crippen LogP contribution < -0.4 is 0 Å². The molecule has 0 saturated carbocycles. The molecule has 5 nitrogen and oxygen atoms in total. The first kappa shape index (κ1) is 18.1. The third kappa shape index (κ3) is 4.20. The van der Waals surface area contributed by atoms with Gasteiger partial charge in [0.15, 0.2) is 0 Å². The number of thiazole rings is 1. The number of hydrogen-bond donors (Lipinski definition) is 1. The van der Waals surface area contributed by atoms with E-state index in [1.165, 1.54) is 16.2 Å². The van der Waals surface area contributed by atoms with E-state index in [0.29, 0.717) is 10.6 Å². The number of hydrogen-bond acceptors (Lipinski definition) is 4. The average Bonchev–Trinajstić information content (AvgIpc) is 2.93. The lowest BCUT2D eigenvalue weighted by molar-refractivity contribution is -0.141. The third-order valence-corrected chi connectivity index (χ3v) is 5.05. The van der Waals surface area contributed by atoms with Crippen molar-refractivity contribution in [3.8, 4) is 0 Å². The van der Waals surface area contributed by atoms with Crippen molar-refractivity contribution in [3.05, 3.63) is 51.5 Å². The molecule has 1 aromatic heterocycles. The molecule has 1 aromatic carbocycles. The standard InChI is InChI=1S/C18H22N2O3S/c1-4-8-15-19-12(2)16(24-15)17(21)20(3)14(18(22)23)11-13-9-6-5-7-10-13/h5-7,9-10,14H,4,8,11H2,1-3H3,(H,22,23). The van der Waals surface area contributed by atoms with Crippen LogP contribution in [0.5, 0.6) is 0 Å². The Kier molecular flexibility index (Phi) is 6.09. The fourth-order valence-corrected chi connectivity index (χ4v) is 3.65. The molecule has 1 heterocycles.